The number of esters is 2. The summed E-state index contributed by atoms with van der Waals surface area (Å²) in [6.45, 7) is 2.14. The zero-order valence-corrected chi connectivity index (χ0v) is 43.3. The molecule has 11 heteroatoms. The molecule has 0 saturated heterocycles. The number of aliphatic hydroxyl groups is 2. The zero-order valence-electron chi connectivity index (χ0n) is 42.4. The largest absolute Gasteiger partial charge is 0.472 e. The summed E-state index contributed by atoms with van der Waals surface area (Å²) in [7, 11) is -4.64. The second-order valence-electron chi connectivity index (χ2n) is 18.2. The summed E-state index contributed by atoms with van der Waals surface area (Å²) in [6.07, 6.45) is 58.0. The lowest BCUT2D eigenvalue weighted by molar-refractivity contribution is -0.153. The van der Waals surface area contributed by atoms with E-state index in [1.807, 2.05) is 0 Å². The second-order valence-corrected chi connectivity index (χ2v) is 19.6. The first kappa shape index (κ1) is 63.9. The van der Waals surface area contributed by atoms with E-state index in [9.17, 15) is 29.3 Å². The van der Waals surface area contributed by atoms with Crippen molar-refractivity contribution >= 4 is 19.8 Å². The number of allylic oxidation sites excluding steroid dienone is 8. The van der Waals surface area contributed by atoms with Crippen LogP contribution in [-0.2, 0) is 32.7 Å². The number of unbranched alkanes of at least 4 members (excludes halogenated alkanes) is 29. The van der Waals surface area contributed by atoms with Crippen molar-refractivity contribution in [3.8, 4) is 0 Å². The molecule has 0 aromatic carbocycles. The topological polar surface area (TPSA) is 149 Å². The van der Waals surface area contributed by atoms with E-state index in [2.05, 4.69) is 62.5 Å². The third kappa shape index (κ3) is 48.4. The third-order valence-electron chi connectivity index (χ3n) is 11.8. The Morgan fingerprint density at radius 1 is 0.424 bits per heavy atom. The molecule has 0 rings (SSSR count). The number of carbonyl (C=O) groups is 2. The molecule has 0 amide bonds. The molecule has 0 aromatic heterocycles. The normalized spacial score (nSPS) is 14.0. The SMILES string of the molecule is CC/C=C\C/C=C\C/C=C\C/C=C\CCCCCCCCCCCCC(=O)OC(CO)COP(=O)(O)OCC(CO)OC(=O)CCCCCCCCCCCCCCCCCCCCCC. The molecule has 0 aliphatic carbocycles. The number of hydrogen-bond donors (Lipinski definition) is 3. The van der Waals surface area contributed by atoms with Crippen LogP contribution in [0.3, 0.4) is 0 Å². The van der Waals surface area contributed by atoms with E-state index in [0.717, 1.165) is 70.6 Å². The van der Waals surface area contributed by atoms with Crippen molar-refractivity contribution in [2.45, 2.75) is 264 Å². The highest BCUT2D eigenvalue weighted by Gasteiger charge is 2.27. The van der Waals surface area contributed by atoms with Crippen LogP contribution in [0.2, 0.25) is 0 Å². The molecule has 3 atom stereocenters. The fraction of sp³-hybridized carbons (Fsp3) is 0.818. The maximum absolute atomic E-state index is 12.4. The molecule has 10 nitrogen and oxygen atoms in total. The molecule has 0 radical (unpaired) electrons. The molecule has 0 bridgehead atoms. The lowest BCUT2D eigenvalue weighted by atomic mass is 10.0. The third-order valence-corrected chi connectivity index (χ3v) is 12.8. The molecule has 386 valence electrons. The second kappa shape index (κ2) is 50.8. The molecule has 0 aromatic rings. The van der Waals surface area contributed by atoms with Gasteiger partial charge in [-0.05, 0) is 51.4 Å². The minimum Gasteiger partial charge on any atom is -0.457 e. The Bertz CT molecular complexity index is 1230. The van der Waals surface area contributed by atoms with E-state index in [1.165, 1.54) is 141 Å². The fourth-order valence-electron chi connectivity index (χ4n) is 7.70. The molecular formula is C55H101O10P. The van der Waals surface area contributed by atoms with Crippen LogP contribution in [0.1, 0.15) is 251 Å². The highest BCUT2D eigenvalue weighted by Crippen LogP contribution is 2.43. The molecule has 0 heterocycles. The van der Waals surface area contributed by atoms with Gasteiger partial charge in [0.1, 0.15) is 12.2 Å². The summed E-state index contributed by atoms with van der Waals surface area (Å²) in [5, 5.41) is 19.3. The van der Waals surface area contributed by atoms with Crippen molar-refractivity contribution in [2.24, 2.45) is 0 Å². The van der Waals surface area contributed by atoms with Gasteiger partial charge in [0.25, 0.3) is 0 Å². The number of aliphatic hydroxyl groups excluding tert-OH is 2. The summed E-state index contributed by atoms with van der Waals surface area (Å²) in [5.74, 6) is -1.01. The highest BCUT2D eigenvalue weighted by atomic mass is 31.2. The summed E-state index contributed by atoms with van der Waals surface area (Å²) >= 11 is 0. The van der Waals surface area contributed by atoms with Crippen LogP contribution in [0.4, 0.5) is 0 Å². The molecular weight excluding hydrogens is 852 g/mol. The van der Waals surface area contributed by atoms with Crippen LogP contribution >= 0.6 is 7.82 Å². The van der Waals surface area contributed by atoms with Crippen molar-refractivity contribution in [2.75, 3.05) is 26.4 Å². The van der Waals surface area contributed by atoms with Gasteiger partial charge in [-0.15, -0.1) is 0 Å². The van der Waals surface area contributed by atoms with Gasteiger partial charge in [-0.1, -0.05) is 236 Å². The van der Waals surface area contributed by atoms with Gasteiger partial charge in [0.15, 0.2) is 0 Å². The van der Waals surface area contributed by atoms with E-state index in [0.29, 0.717) is 12.8 Å². The Labute approximate surface area is 404 Å². The maximum Gasteiger partial charge on any atom is 0.472 e. The first-order valence-corrected chi connectivity index (χ1v) is 28.6. The fourth-order valence-corrected chi connectivity index (χ4v) is 8.48. The van der Waals surface area contributed by atoms with E-state index in [-0.39, 0.29) is 12.8 Å². The van der Waals surface area contributed by atoms with Crippen LogP contribution < -0.4 is 0 Å². The van der Waals surface area contributed by atoms with Crippen molar-refractivity contribution < 1.29 is 47.8 Å². The van der Waals surface area contributed by atoms with E-state index < -0.39 is 58.4 Å². The van der Waals surface area contributed by atoms with Crippen molar-refractivity contribution in [1.82, 2.24) is 0 Å². The molecule has 3 N–H and O–H groups in total. The Balaban J connectivity index is 3.80. The smallest absolute Gasteiger partial charge is 0.457 e. The molecule has 0 saturated carbocycles. The molecule has 0 fully saturated rings. The number of ether oxygens (including phenoxy) is 2. The minimum absolute atomic E-state index is 0.187. The average molecular weight is 953 g/mol. The quantitative estimate of drug-likeness (QED) is 0.0233. The maximum atomic E-state index is 12.4. The monoisotopic (exact) mass is 953 g/mol. The minimum atomic E-state index is -4.64. The Morgan fingerprint density at radius 3 is 1.03 bits per heavy atom. The van der Waals surface area contributed by atoms with Gasteiger partial charge in [0, 0.05) is 12.8 Å². The van der Waals surface area contributed by atoms with Crippen LogP contribution in [0, 0.1) is 0 Å². The predicted octanol–water partition coefficient (Wildman–Crippen LogP) is 15.6. The Morgan fingerprint density at radius 2 is 0.712 bits per heavy atom. The first-order chi connectivity index (χ1) is 32.3. The standard InChI is InChI=1S/C55H101O10P/c1-3-5-7-9-11-13-15-17-19-21-23-25-26-27-29-31-33-35-37-39-41-43-45-47-55(59)65-53(49-57)51-63-66(60,61)62-50-52(48-56)64-54(58)46-44-42-40-38-36-34-32-30-28-24-22-20-18-16-14-12-10-8-6-4-2/h5,7,11,13,17,19,23,25,52-53,56-57H,3-4,6,8-10,12,14-16,18,20-22,24,26-51H2,1-2H3,(H,60,61)/b7-5-,13-11-,19-17-,25-23-. The van der Waals surface area contributed by atoms with Crippen LogP contribution in [-0.4, -0.2) is 65.7 Å². The van der Waals surface area contributed by atoms with Gasteiger partial charge in [0.05, 0.1) is 26.4 Å². The molecule has 3 unspecified atom stereocenters. The van der Waals surface area contributed by atoms with Gasteiger partial charge in [-0.25, -0.2) is 4.57 Å². The van der Waals surface area contributed by atoms with Gasteiger partial charge < -0.3 is 24.6 Å². The van der Waals surface area contributed by atoms with Gasteiger partial charge in [-0.2, -0.15) is 0 Å². The van der Waals surface area contributed by atoms with Crippen LogP contribution in [0.25, 0.3) is 0 Å². The summed E-state index contributed by atoms with van der Waals surface area (Å²) in [5.41, 5.74) is 0. The van der Waals surface area contributed by atoms with Gasteiger partial charge in [0.2, 0.25) is 0 Å². The van der Waals surface area contributed by atoms with Crippen molar-refractivity contribution in [1.29, 1.82) is 0 Å². The number of rotatable bonds is 51. The zero-order chi connectivity index (χ0) is 48.3. The van der Waals surface area contributed by atoms with E-state index in [4.69, 9.17) is 18.5 Å². The van der Waals surface area contributed by atoms with E-state index >= 15 is 0 Å². The van der Waals surface area contributed by atoms with E-state index in [1.54, 1.807) is 0 Å². The Kier molecular flexibility index (Phi) is 49.2. The molecule has 0 aliphatic rings. The average Bonchev–Trinajstić information content (AvgIpc) is 3.31. The number of phosphoric ester groups is 1. The predicted molar refractivity (Wildman–Crippen MR) is 274 cm³/mol. The lowest BCUT2D eigenvalue weighted by Gasteiger charge is -2.20. The summed E-state index contributed by atoms with van der Waals surface area (Å²) in [6, 6.07) is 0. The molecule has 0 aliphatic heterocycles. The van der Waals surface area contributed by atoms with Gasteiger partial charge >= 0.3 is 19.8 Å². The van der Waals surface area contributed by atoms with Crippen LogP contribution in [0.5, 0.6) is 0 Å². The number of phosphoric acid groups is 1. The summed E-state index contributed by atoms with van der Waals surface area (Å²) < 4.78 is 32.8. The van der Waals surface area contributed by atoms with Gasteiger partial charge in [-0.3, -0.25) is 18.6 Å². The number of hydrogen-bond acceptors (Lipinski definition) is 9. The lowest BCUT2D eigenvalue weighted by Crippen LogP contribution is -2.28. The van der Waals surface area contributed by atoms with Crippen molar-refractivity contribution in [3.05, 3.63) is 48.6 Å². The highest BCUT2D eigenvalue weighted by molar-refractivity contribution is 7.47. The first-order valence-electron chi connectivity index (χ1n) is 27.1. The van der Waals surface area contributed by atoms with Crippen molar-refractivity contribution in [3.63, 3.8) is 0 Å². The number of carbonyl (C=O) groups excluding carboxylic acids is 2. The molecule has 0 spiro atoms. The Hall–Kier alpha value is -2.07. The summed E-state index contributed by atoms with van der Waals surface area (Å²) in [4.78, 5) is 34.8. The van der Waals surface area contributed by atoms with Crippen LogP contribution in [0.15, 0.2) is 48.6 Å². The molecule has 66 heavy (non-hydrogen) atoms.